The lowest BCUT2D eigenvalue weighted by Gasteiger charge is -2.20. The van der Waals surface area contributed by atoms with Gasteiger partial charge in [-0.15, -0.1) is 24.0 Å². The van der Waals surface area contributed by atoms with Gasteiger partial charge in [-0.05, 0) is 24.6 Å². The predicted octanol–water partition coefficient (Wildman–Crippen LogP) is 3.58. The number of nitrogens with one attached hydrogen (secondary N) is 2. The summed E-state index contributed by atoms with van der Waals surface area (Å²) in [6.07, 6.45) is 2.62. The number of aliphatic imine (C=N–C) groups is 1. The minimum atomic E-state index is -0.590. The number of aromatic nitrogens is 1. The van der Waals surface area contributed by atoms with E-state index in [1.807, 2.05) is 6.07 Å². The highest BCUT2D eigenvalue weighted by molar-refractivity contribution is 14.0. The van der Waals surface area contributed by atoms with Gasteiger partial charge in [0.25, 0.3) is 0 Å². The summed E-state index contributed by atoms with van der Waals surface area (Å²) in [7, 11) is 1.65. The molecule has 9 heteroatoms. The Labute approximate surface area is 179 Å². The Morgan fingerprint density at radius 1 is 1.37 bits per heavy atom. The average molecular weight is 508 g/mol. The minimum absolute atomic E-state index is 0. The highest BCUT2D eigenvalue weighted by Crippen LogP contribution is 2.25. The summed E-state index contributed by atoms with van der Waals surface area (Å²) in [5.74, 6) is 0.167. The fourth-order valence-electron chi connectivity index (χ4n) is 2.91. The molecule has 146 valence electrons. The van der Waals surface area contributed by atoms with Crippen molar-refractivity contribution in [1.82, 2.24) is 15.6 Å². The van der Waals surface area contributed by atoms with Crippen LogP contribution in [-0.2, 0) is 6.54 Å². The first-order valence-corrected chi connectivity index (χ1v) is 8.71. The van der Waals surface area contributed by atoms with Crippen LogP contribution in [0.15, 0.2) is 41.5 Å². The summed E-state index contributed by atoms with van der Waals surface area (Å²) in [4.78, 5) is 10.6. The Kier molecular flexibility index (Phi) is 8.03. The Bertz CT molecular complexity index is 805. The average Bonchev–Trinajstić information content (AvgIpc) is 3.08. The maximum Gasteiger partial charge on any atom is 0.191 e. The van der Waals surface area contributed by atoms with Gasteiger partial charge < -0.3 is 15.5 Å². The summed E-state index contributed by atoms with van der Waals surface area (Å²) in [5, 5.41) is 7.00. The second kappa shape index (κ2) is 10.0. The molecule has 0 spiro atoms. The molecule has 1 saturated heterocycles. The number of guanidine groups is 1. The summed E-state index contributed by atoms with van der Waals surface area (Å²) in [6.45, 7) is 1.79. The first-order chi connectivity index (χ1) is 12.6. The zero-order chi connectivity index (χ0) is 18.5. The number of anilines is 1. The number of nitrogens with zero attached hydrogens (tertiary/aromatic N) is 3. The molecule has 0 bridgehead atoms. The van der Waals surface area contributed by atoms with E-state index in [1.165, 1.54) is 12.1 Å². The van der Waals surface area contributed by atoms with Crippen molar-refractivity contribution in [3.05, 3.63) is 58.7 Å². The number of pyridine rings is 1. The molecular formula is C18H21ClF2IN5. The Morgan fingerprint density at radius 2 is 2.19 bits per heavy atom. The van der Waals surface area contributed by atoms with Crippen molar-refractivity contribution in [2.75, 3.05) is 25.0 Å². The standard InChI is InChI=1S/C18H20ClF2N5.HI/c1-22-18(24-10-12-4-5-13(20)9-16(12)21)25-14-6-8-26(11-14)17-15(19)3-2-7-23-17;/h2-5,7,9,14H,6,8,10-11H2,1H3,(H2,22,24,25);1H. The molecule has 1 unspecified atom stereocenters. The van der Waals surface area contributed by atoms with Crippen LogP contribution in [0.5, 0.6) is 0 Å². The van der Waals surface area contributed by atoms with Crippen LogP contribution >= 0.6 is 35.6 Å². The molecule has 0 saturated carbocycles. The molecule has 2 N–H and O–H groups in total. The van der Waals surface area contributed by atoms with Crippen LogP contribution in [0, 0.1) is 11.6 Å². The van der Waals surface area contributed by atoms with E-state index in [9.17, 15) is 8.78 Å². The first kappa shape index (κ1) is 21.6. The van der Waals surface area contributed by atoms with Crippen LogP contribution in [0.3, 0.4) is 0 Å². The van der Waals surface area contributed by atoms with Gasteiger partial charge in [-0.2, -0.15) is 0 Å². The number of halogens is 4. The molecule has 2 heterocycles. The van der Waals surface area contributed by atoms with Gasteiger partial charge in [0, 0.05) is 50.6 Å². The fraction of sp³-hybridized carbons (Fsp3) is 0.333. The van der Waals surface area contributed by atoms with Gasteiger partial charge in [0.05, 0.1) is 5.02 Å². The Hall–Kier alpha value is -1.68. The highest BCUT2D eigenvalue weighted by atomic mass is 127. The van der Waals surface area contributed by atoms with Crippen LogP contribution < -0.4 is 15.5 Å². The maximum absolute atomic E-state index is 13.7. The topological polar surface area (TPSA) is 52.6 Å². The largest absolute Gasteiger partial charge is 0.353 e. The third-order valence-electron chi connectivity index (χ3n) is 4.25. The summed E-state index contributed by atoms with van der Waals surface area (Å²) in [6, 6.07) is 7.32. The SMILES string of the molecule is CN=C(NCc1ccc(F)cc1F)NC1CCN(c2ncccc2Cl)C1.I. The van der Waals surface area contributed by atoms with Crippen molar-refractivity contribution < 1.29 is 8.78 Å². The predicted molar refractivity (Wildman–Crippen MR) is 115 cm³/mol. The fourth-order valence-corrected chi connectivity index (χ4v) is 3.15. The normalized spacial score (nSPS) is 16.8. The summed E-state index contributed by atoms with van der Waals surface area (Å²) < 4.78 is 26.7. The molecule has 1 aliphatic heterocycles. The van der Waals surface area contributed by atoms with Crippen molar-refractivity contribution in [3.63, 3.8) is 0 Å². The van der Waals surface area contributed by atoms with Crippen molar-refractivity contribution in [2.45, 2.75) is 19.0 Å². The van der Waals surface area contributed by atoms with E-state index in [4.69, 9.17) is 11.6 Å². The van der Waals surface area contributed by atoms with Crippen LogP contribution in [-0.4, -0.2) is 37.1 Å². The zero-order valence-electron chi connectivity index (χ0n) is 14.8. The quantitative estimate of drug-likeness (QED) is 0.377. The molecule has 1 fully saturated rings. The van der Waals surface area contributed by atoms with Gasteiger partial charge in [-0.25, -0.2) is 13.8 Å². The molecule has 5 nitrogen and oxygen atoms in total. The number of rotatable bonds is 4. The van der Waals surface area contributed by atoms with E-state index in [2.05, 4.69) is 25.5 Å². The van der Waals surface area contributed by atoms with Crippen molar-refractivity contribution in [1.29, 1.82) is 0 Å². The Morgan fingerprint density at radius 3 is 2.89 bits per heavy atom. The summed E-state index contributed by atoms with van der Waals surface area (Å²) in [5.41, 5.74) is 0.377. The van der Waals surface area contributed by atoms with E-state index in [0.717, 1.165) is 31.4 Å². The van der Waals surface area contributed by atoms with E-state index in [0.29, 0.717) is 16.5 Å². The molecule has 2 aromatic rings. The zero-order valence-corrected chi connectivity index (χ0v) is 17.8. The molecular weight excluding hydrogens is 487 g/mol. The van der Waals surface area contributed by atoms with Gasteiger partial charge in [0.2, 0.25) is 0 Å². The lowest BCUT2D eigenvalue weighted by molar-refractivity contribution is 0.568. The third-order valence-corrected chi connectivity index (χ3v) is 4.55. The van der Waals surface area contributed by atoms with Crippen molar-refractivity contribution in [2.24, 2.45) is 4.99 Å². The molecule has 27 heavy (non-hydrogen) atoms. The third kappa shape index (κ3) is 5.65. The summed E-state index contributed by atoms with van der Waals surface area (Å²) >= 11 is 6.21. The van der Waals surface area contributed by atoms with Gasteiger partial charge in [0.1, 0.15) is 17.5 Å². The van der Waals surface area contributed by atoms with Crippen LogP contribution in [0.4, 0.5) is 14.6 Å². The van der Waals surface area contributed by atoms with Crippen molar-refractivity contribution >= 4 is 47.4 Å². The molecule has 1 aliphatic rings. The molecule has 3 rings (SSSR count). The lowest BCUT2D eigenvalue weighted by Crippen LogP contribution is -2.44. The van der Waals surface area contributed by atoms with Gasteiger partial charge in [-0.1, -0.05) is 17.7 Å². The van der Waals surface area contributed by atoms with E-state index in [1.54, 1.807) is 19.3 Å². The molecule has 0 radical (unpaired) electrons. The molecule has 1 aromatic carbocycles. The molecule has 1 atom stereocenters. The second-order valence-electron chi connectivity index (χ2n) is 6.05. The lowest BCUT2D eigenvalue weighted by atomic mass is 10.2. The van der Waals surface area contributed by atoms with E-state index in [-0.39, 0.29) is 36.6 Å². The van der Waals surface area contributed by atoms with Crippen LogP contribution in [0.2, 0.25) is 5.02 Å². The first-order valence-electron chi connectivity index (χ1n) is 8.33. The van der Waals surface area contributed by atoms with Crippen molar-refractivity contribution in [3.8, 4) is 0 Å². The number of hydrogen-bond donors (Lipinski definition) is 2. The number of hydrogen-bond acceptors (Lipinski definition) is 3. The smallest absolute Gasteiger partial charge is 0.191 e. The monoisotopic (exact) mass is 507 g/mol. The van der Waals surface area contributed by atoms with E-state index >= 15 is 0 Å². The van der Waals surface area contributed by atoms with Gasteiger partial charge in [0.15, 0.2) is 5.96 Å². The Balaban J connectivity index is 0.00000261. The molecule has 1 aromatic heterocycles. The molecule has 0 amide bonds. The minimum Gasteiger partial charge on any atom is -0.353 e. The maximum atomic E-state index is 13.7. The van der Waals surface area contributed by atoms with E-state index < -0.39 is 11.6 Å². The highest BCUT2D eigenvalue weighted by Gasteiger charge is 2.25. The van der Waals surface area contributed by atoms with Gasteiger partial charge in [-0.3, -0.25) is 4.99 Å². The van der Waals surface area contributed by atoms with Crippen LogP contribution in [0.1, 0.15) is 12.0 Å². The van der Waals surface area contributed by atoms with Crippen LogP contribution in [0.25, 0.3) is 0 Å². The second-order valence-corrected chi connectivity index (χ2v) is 6.45. The molecule has 0 aliphatic carbocycles. The number of benzene rings is 1. The van der Waals surface area contributed by atoms with Gasteiger partial charge >= 0.3 is 0 Å².